The van der Waals surface area contributed by atoms with Crippen molar-refractivity contribution >= 4 is 0 Å². The molecule has 2 atom stereocenters. The number of fused-ring (bicyclic) bond motifs is 2. The highest BCUT2D eigenvalue weighted by Gasteiger charge is 2.39. The lowest BCUT2D eigenvalue weighted by atomic mass is 9.97. The molecule has 2 heteroatoms. The molecule has 0 aromatic carbocycles. The van der Waals surface area contributed by atoms with Gasteiger partial charge in [0.2, 0.25) is 0 Å². The van der Waals surface area contributed by atoms with Gasteiger partial charge in [0.25, 0.3) is 0 Å². The van der Waals surface area contributed by atoms with Crippen molar-refractivity contribution in [2.24, 2.45) is 0 Å². The van der Waals surface area contributed by atoms with E-state index in [0.29, 0.717) is 0 Å². The highest BCUT2D eigenvalue weighted by atomic mass is 15.2. The van der Waals surface area contributed by atoms with Gasteiger partial charge in [-0.25, -0.2) is 0 Å². The maximum absolute atomic E-state index is 3.44. The van der Waals surface area contributed by atoms with Gasteiger partial charge in [-0.2, -0.15) is 0 Å². The van der Waals surface area contributed by atoms with E-state index in [2.05, 4.69) is 36.3 Å². The quantitative estimate of drug-likeness (QED) is 0.689. The van der Waals surface area contributed by atoms with Crippen molar-refractivity contribution in [3.8, 4) is 0 Å². The zero-order valence-corrected chi connectivity index (χ0v) is 9.37. The van der Waals surface area contributed by atoms with Gasteiger partial charge in [0, 0.05) is 24.7 Å². The second-order valence-electron chi connectivity index (χ2n) is 4.61. The molecular formula is C12H22N2. The molecule has 0 aromatic rings. The zero-order chi connectivity index (χ0) is 9.97. The van der Waals surface area contributed by atoms with E-state index >= 15 is 0 Å². The summed E-state index contributed by atoms with van der Waals surface area (Å²) >= 11 is 0. The van der Waals surface area contributed by atoms with Crippen LogP contribution in [-0.4, -0.2) is 36.6 Å². The molecular weight excluding hydrogens is 172 g/mol. The van der Waals surface area contributed by atoms with Crippen molar-refractivity contribution in [2.75, 3.05) is 13.6 Å². The first kappa shape index (κ1) is 10.2. The van der Waals surface area contributed by atoms with E-state index in [1.165, 1.54) is 32.2 Å². The predicted molar refractivity (Wildman–Crippen MR) is 60.4 cm³/mol. The Morgan fingerprint density at radius 2 is 1.93 bits per heavy atom. The fraction of sp³-hybridized carbons (Fsp3) is 0.833. The van der Waals surface area contributed by atoms with Crippen molar-refractivity contribution in [3.63, 3.8) is 0 Å². The van der Waals surface area contributed by atoms with E-state index < -0.39 is 0 Å². The van der Waals surface area contributed by atoms with Gasteiger partial charge in [-0.1, -0.05) is 12.2 Å². The Balaban J connectivity index is 1.95. The molecule has 2 bridgehead atoms. The van der Waals surface area contributed by atoms with Crippen LogP contribution >= 0.6 is 0 Å². The van der Waals surface area contributed by atoms with Crippen molar-refractivity contribution in [3.05, 3.63) is 12.2 Å². The summed E-state index contributed by atoms with van der Waals surface area (Å²) in [6, 6.07) is 2.47. The highest BCUT2D eigenvalue weighted by Crippen LogP contribution is 2.35. The van der Waals surface area contributed by atoms with Gasteiger partial charge in [0.05, 0.1) is 0 Å². The lowest BCUT2D eigenvalue weighted by Gasteiger charge is -2.38. The zero-order valence-electron chi connectivity index (χ0n) is 9.37. The SMILES string of the molecule is C/C=C/CN1C2CCC1CC(NC)C2. The van der Waals surface area contributed by atoms with Crippen LogP contribution in [-0.2, 0) is 0 Å². The standard InChI is InChI=1S/C12H22N2/c1-3-4-7-14-11-5-6-12(14)9-10(8-11)13-2/h3-4,10-13H,5-9H2,1-2H3/b4-3+. The van der Waals surface area contributed by atoms with Crippen LogP contribution < -0.4 is 5.32 Å². The molecule has 80 valence electrons. The first-order valence-electron chi connectivity index (χ1n) is 5.89. The average molecular weight is 194 g/mol. The van der Waals surface area contributed by atoms with Crippen LogP contribution in [0, 0.1) is 0 Å². The van der Waals surface area contributed by atoms with Crippen LogP contribution in [0.3, 0.4) is 0 Å². The molecule has 2 nitrogen and oxygen atoms in total. The Morgan fingerprint density at radius 1 is 1.29 bits per heavy atom. The molecule has 0 amide bonds. The van der Waals surface area contributed by atoms with Crippen LogP contribution in [0.2, 0.25) is 0 Å². The topological polar surface area (TPSA) is 15.3 Å². The largest absolute Gasteiger partial charge is 0.317 e. The smallest absolute Gasteiger partial charge is 0.0169 e. The molecule has 2 heterocycles. The van der Waals surface area contributed by atoms with Crippen LogP contribution in [0.1, 0.15) is 32.6 Å². The van der Waals surface area contributed by atoms with Gasteiger partial charge in [0.1, 0.15) is 0 Å². The van der Waals surface area contributed by atoms with E-state index in [1.807, 2.05) is 0 Å². The fourth-order valence-electron chi connectivity index (χ4n) is 3.04. The molecule has 2 aliphatic heterocycles. The van der Waals surface area contributed by atoms with Gasteiger partial charge in [0.15, 0.2) is 0 Å². The number of allylic oxidation sites excluding steroid dienone is 1. The van der Waals surface area contributed by atoms with Crippen LogP contribution in [0.15, 0.2) is 12.2 Å². The van der Waals surface area contributed by atoms with Crippen molar-refractivity contribution in [1.29, 1.82) is 0 Å². The van der Waals surface area contributed by atoms with Crippen molar-refractivity contribution < 1.29 is 0 Å². The molecule has 2 rings (SSSR count). The summed E-state index contributed by atoms with van der Waals surface area (Å²) in [6.07, 6.45) is 10.0. The number of rotatable bonds is 3. The van der Waals surface area contributed by atoms with Gasteiger partial charge >= 0.3 is 0 Å². The second kappa shape index (κ2) is 4.45. The Labute approximate surface area is 87.4 Å². The summed E-state index contributed by atoms with van der Waals surface area (Å²) < 4.78 is 0. The molecule has 2 fully saturated rings. The van der Waals surface area contributed by atoms with Crippen molar-refractivity contribution in [1.82, 2.24) is 10.2 Å². The highest BCUT2D eigenvalue weighted by molar-refractivity contribution is 4.99. The maximum atomic E-state index is 3.44. The minimum atomic E-state index is 0.773. The van der Waals surface area contributed by atoms with E-state index in [1.54, 1.807) is 0 Å². The number of hydrogen-bond donors (Lipinski definition) is 1. The molecule has 0 aliphatic carbocycles. The average Bonchev–Trinajstić information content (AvgIpc) is 2.46. The third-order valence-electron chi connectivity index (χ3n) is 3.84. The summed E-state index contributed by atoms with van der Waals surface area (Å²) in [6.45, 7) is 3.28. The number of nitrogens with one attached hydrogen (secondary N) is 1. The third-order valence-corrected chi connectivity index (χ3v) is 3.84. The summed E-state index contributed by atoms with van der Waals surface area (Å²) in [4.78, 5) is 2.70. The van der Waals surface area contributed by atoms with Gasteiger partial charge in [-0.3, -0.25) is 4.90 Å². The Bertz CT molecular complexity index is 198. The normalized spacial score (nSPS) is 38.3. The number of hydrogen-bond acceptors (Lipinski definition) is 2. The van der Waals surface area contributed by atoms with Gasteiger partial charge in [-0.15, -0.1) is 0 Å². The monoisotopic (exact) mass is 194 g/mol. The minimum Gasteiger partial charge on any atom is -0.317 e. The van der Waals surface area contributed by atoms with Gasteiger partial charge < -0.3 is 5.32 Å². The van der Waals surface area contributed by atoms with E-state index in [0.717, 1.165) is 18.1 Å². The molecule has 0 saturated carbocycles. The lowest BCUT2D eigenvalue weighted by Crippen LogP contribution is -2.48. The number of nitrogens with zero attached hydrogens (tertiary/aromatic N) is 1. The molecule has 2 unspecified atom stereocenters. The van der Waals surface area contributed by atoms with Gasteiger partial charge in [-0.05, 0) is 39.7 Å². The van der Waals surface area contributed by atoms with E-state index in [4.69, 9.17) is 0 Å². The molecule has 0 aromatic heterocycles. The Hall–Kier alpha value is -0.340. The predicted octanol–water partition coefficient (Wildman–Crippen LogP) is 1.78. The van der Waals surface area contributed by atoms with Crippen LogP contribution in [0.4, 0.5) is 0 Å². The first-order chi connectivity index (χ1) is 6.85. The Kier molecular flexibility index (Phi) is 3.24. The van der Waals surface area contributed by atoms with Crippen LogP contribution in [0.5, 0.6) is 0 Å². The molecule has 2 saturated heterocycles. The molecule has 0 radical (unpaired) electrons. The molecule has 0 spiro atoms. The van der Waals surface area contributed by atoms with E-state index in [9.17, 15) is 0 Å². The second-order valence-corrected chi connectivity index (χ2v) is 4.61. The third kappa shape index (κ3) is 1.86. The molecule has 2 aliphatic rings. The fourth-order valence-corrected chi connectivity index (χ4v) is 3.04. The maximum Gasteiger partial charge on any atom is 0.0169 e. The number of piperidine rings is 1. The van der Waals surface area contributed by atoms with E-state index in [-0.39, 0.29) is 0 Å². The summed E-state index contributed by atoms with van der Waals surface area (Å²) in [5, 5.41) is 3.44. The van der Waals surface area contributed by atoms with Crippen molar-refractivity contribution in [2.45, 2.75) is 50.7 Å². The first-order valence-corrected chi connectivity index (χ1v) is 5.89. The molecule has 14 heavy (non-hydrogen) atoms. The Morgan fingerprint density at radius 3 is 2.43 bits per heavy atom. The summed E-state index contributed by atoms with van der Waals surface area (Å²) in [5.74, 6) is 0. The molecule has 1 N–H and O–H groups in total. The minimum absolute atomic E-state index is 0.773. The lowest BCUT2D eigenvalue weighted by molar-refractivity contribution is 0.134. The summed E-state index contributed by atoms with van der Waals surface area (Å²) in [7, 11) is 2.10. The summed E-state index contributed by atoms with van der Waals surface area (Å²) in [5.41, 5.74) is 0. The van der Waals surface area contributed by atoms with Crippen LogP contribution in [0.25, 0.3) is 0 Å².